The van der Waals surface area contributed by atoms with Gasteiger partial charge in [0, 0.05) is 6.54 Å². The molecule has 1 saturated carbocycles. The molecule has 1 saturated heterocycles. The lowest BCUT2D eigenvalue weighted by Crippen LogP contribution is -2.58. The highest BCUT2D eigenvalue weighted by Crippen LogP contribution is 2.35. The van der Waals surface area contributed by atoms with Crippen LogP contribution in [0.3, 0.4) is 0 Å². The first-order valence-corrected chi connectivity index (χ1v) is 13.4. The number of nitrogens with zero attached hydrogens (tertiary/aromatic N) is 2. The molecule has 2 fully saturated rings. The largest absolute Gasteiger partial charge is 0.424 e. The van der Waals surface area contributed by atoms with E-state index in [0.29, 0.717) is 24.1 Å². The Morgan fingerprint density at radius 1 is 1.16 bits per heavy atom. The van der Waals surface area contributed by atoms with Gasteiger partial charge in [-0.1, -0.05) is 66.0 Å². The number of carbonyl (C=O) groups excluding carboxylic acids is 4. The van der Waals surface area contributed by atoms with E-state index >= 15 is 0 Å². The Balaban J connectivity index is 1.57. The Morgan fingerprint density at radius 3 is 2.42 bits per heavy atom. The van der Waals surface area contributed by atoms with Crippen molar-refractivity contribution in [2.24, 2.45) is 28.9 Å². The summed E-state index contributed by atoms with van der Waals surface area (Å²) in [6.07, 6.45) is 3.35. The molecular formula is C28H39N5O5. The first kappa shape index (κ1) is 27.6. The van der Waals surface area contributed by atoms with Crippen molar-refractivity contribution >= 4 is 40.6 Å². The Morgan fingerprint density at radius 2 is 1.84 bits per heavy atom. The first-order chi connectivity index (χ1) is 17.9. The molecule has 1 aliphatic carbocycles. The van der Waals surface area contributed by atoms with E-state index in [4.69, 9.17) is 10.2 Å². The molecule has 38 heavy (non-hydrogen) atoms. The molecule has 0 bridgehead atoms. The zero-order valence-corrected chi connectivity index (χ0v) is 22.8. The van der Waals surface area contributed by atoms with Crippen molar-refractivity contribution in [1.29, 1.82) is 0 Å². The summed E-state index contributed by atoms with van der Waals surface area (Å²) in [6, 6.07) is 5.06. The van der Waals surface area contributed by atoms with Crippen LogP contribution in [0.1, 0.15) is 60.3 Å². The van der Waals surface area contributed by atoms with Crippen LogP contribution < -0.4 is 16.4 Å². The molecule has 4 rings (SSSR count). The fourth-order valence-electron chi connectivity index (χ4n) is 5.39. The number of fused-ring (bicyclic) bond motifs is 1. The zero-order valence-electron chi connectivity index (χ0n) is 22.8. The van der Waals surface area contributed by atoms with Gasteiger partial charge in [-0.05, 0) is 41.7 Å². The Bertz CT molecular complexity index is 1180. The number of aromatic nitrogens is 1. The number of nitrogens with two attached hydrogens (primary N) is 1. The maximum absolute atomic E-state index is 14.1. The number of anilines is 1. The van der Waals surface area contributed by atoms with E-state index < -0.39 is 41.1 Å². The normalized spacial score (nSPS) is 23.5. The summed E-state index contributed by atoms with van der Waals surface area (Å²) in [6.45, 7) is 10.1. The summed E-state index contributed by atoms with van der Waals surface area (Å²) < 4.78 is 5.82. The van der Waals surface area contributed by atoms with Gasteiger partial charge in [0.15, 0.2) is 5.58 Å². The molecule has 0 spiro atoms. The lowest BCUT2D eigenvalue weighted by Gasteiger charge is -2.36. The number of benzene rings is 1. The topological polar surface area (TPSA) is 148 Å². The van der Waals surface area contributed by atoms with Crippen LogP contribution in [0.2, 0.25) is 0 Å². The van der Waals surface area contributed by atoms with Crippen molar-refractivity contribution in [3.63, 3.8) is 0 Å². The highest BCUT2D eigenvalue weighted by Gasteiger charge is 2.48. The van der Waals surface area contributed by atoms with Crippen molar-refractivity contribution in [2.45, 2.75) is 78.4 Å². The second kappa shape index (κ2) is 10.7. The number of ketones is 1. The molecule has 0 radical (unpaired) electrons. The minimum Gasteiger partial charge on any atom is -0.424 e. The standard InChI is InChI=1S/C28H39N5O5/c1-15-14-33(21(16(15)2)25(36)30-19(22(34)24(29)35)13-17-9-8-10-17)26(37)23(28(3,4)5)32-27-31-18-11-6-7-12-20(18)38-27/h6-7,11-12,15-17,19,21,23H,8-10,13-14H2,1-5H3,(H2,29,35)(H,30,36)(H,31,32)/t15-,16?,19?,21+,23-/m1/s1. The molecule has 5 atom stereocenters. The SMILES string of the molecule is CC1[C@H](C)CN(C(=O)[C@@H](Nc2nc3ccccc3o2)C(C)(C)C)[C@@H]1C(=O)NC(CC1CCC1)C(=O)C(N)=O. The fourth-order valence-corrected chi connectivity index (χ4v) is 5.39. The monoisotopic (exact) mass is 525 g/mol. The van der Waals surface area contributed by atoms with Gasteiger partial charge in [0.25, 0.3) is 11.9 Å². The molecule has 2 aromatic rings. The molecule has 2 unspecified atom stereocenters. The van der Waals surface area contributed by atoms with Gasteiger partial charge < -0.3 is 25.7 Å². The van der Waals surface area contributed by atoms with Gasteiger partial charge in [-0.15, -0.1) is 0 Å². The quantitative estimate of drug-likeness (QED) is 0.426. The number of hydrogen-bond acceptors (Lipinski definition) is 7. The van der Waals surface area contributed by atoms with E-state index in [1.807, 2.05) is 52.8 Å². The number of carbonyl (C=O) groups is 4. The second-order valence-electron chi connectivity index (χ2n) is 12.0. The van der Waals surface area contributed by atoms with Gasteiger partial charge in [-0.2, -0.15) is 4.98 Å². The number of primary amides is 1. The third-order valence-corrected chi connectivity index (χ3v) is 8.11. The number of nitrogens with one attached hydrogen (secondary N) is 2. The second-order valence-corrected chi connectivity index (χ2v) is 12.0. The van der Waals surface area contributed by atoms with E-state index in [0.717, 1.165) is 19.3 Å². The number of para-hydroxylation sites is 2. The summed E-state index contributed by atoms with van der Waals surface area (Å²) in [5.74, 6) is -2.39. The molecule has 10 nitrogen and oxygen atoms in total. The molecule has 1 aromatic heterocycles. The van der Waals surface area contributed by atoms with Gasteiger partial charge in [0.1, 0.15) is 17.6 Å². The smallest absolute Gasteiger partial charge is 0.296 e. The fraction of sp³-hybridized carbons (Fsp3) is 0.607. The minimum absolute atomic E-state index is 0.0524. The van der Waals surface area contributed by atoms with Crippen molar-refractivity contribution < 1.29 is 23.6 Å². The predicted octanol–water partition coefficient (Wildman–Crippen LogP) is 2.87. The summed E-state index contributed by atoms with van der Waals surface area (Å²) in [5.41, 5.74) is 6.03. The molecule has 206 valence electrons. The summed E-state index contributed by atoms with van der Waals surface area (Å²) in [7, 11) is 0. The van der Waals surface area contributed by atoms with Crippen molar-refractivity contribution in [2.75, 3.05) is 11.9 Å². The maximum atomic E-state index is 14.1. The Labute approximate surface area is 223 Å². The molecule has 2 aliphatic rings. The molecule has 4 N–H and O–H groups in total. The predicted molar refractivity (Wildman–Crippen MR) is 143 cm³/mol. The van der Waals surface area contributed by atoms with Crippen LogP contribution in [0.15, 0.2) is 28.7 Å². The molecular weight excluding hydrogens is 486 g/mol. The summed E-state index contributed by atoms with van der Waals surface area (Å²) in [4.78, 5) is 58.0. The van der Waals surface area contributed by atoms with E-state index in [1.165, 1.54) is 0 Å². The Hall–Kier alpha value is -3.43. The zero-order chi connectivity index (χ0) is 27.8. The first-order valence-electron chi connectivity index (χ1n) is 13.4. The molecule has 1 aliphatic heterocycles. The summed E-state index contributed by atoms with van der Waals surface area (Å²) >= 11 is 0. The highest BCUT2D eigenvalue weighted by molar-refractivity contribution is 6.37. The van der Waals surface area contributed by atoms with E-state index in [-0.39, 0.29) is 29.7 Å². The molecule has 3 amide bonds. The van der Waals surface area contributed by atoms with Crippen LogP contribution in [-0.2, 0) is 19.2 Å². The number of likely N-dealkylation sites (tertiary alicyclic amines) is 1. The van der Waals surface area contributed by atoms with Gasteiger partial charge in [-0.3, -0.25) is 19.2 Å². The average molecular weight is 526 g/mol. The van der Waals surface area contributed by atoms with Gasteiger partial charge in [0.05, 0.1) is 6.04 Å². The van der Waals surface area contributed by atoms with E-state index in [2.05, 4.69) is 15.6 Å². The third-order valence-electron chi connectivity index (χ3n) is 8.11. The molecule has 10 heteroatoms. The molecule has 1 aromatic carbocycles. The minimum atomic E-state index is -1.06. The maximum Gasteiger partial charge on any atom is 0.296 e. The lowest BCUT2D eigenvalue weighted by atomic mass is 9.80. The van der Waals surface area contributed by atoms with Crippen molar-refractivity contribution in [1.82, 2.24) is 15.2 Å². The van der Waals surface area contributed by atoms with Crippen molar-refractivity contribution in [3.8, 4) is 0 Å². The number of amides is 3. The van der Waals surface area contributed by atoms with Crippen LogP contribution in [-0.4, -0.2) is 58.1 Å². The van der Waals surface area contributed by atoms with Gasteiger partial charge >= 0.3 is 0 Å². The van der Waals surface area contributed by atoms with Crippen LogP contribution >= 0.6 is 0 Å². The molecule has 2 heterocycles. The number of Topliss-reactive ketones (excluding diaryl/α,β-unsaturated/α-hetero) is 1. The van der Waals surface area contributed by atoms with Crippen LogP contribution in [0.25, 0.3) is 11.1 Å². The van der Waals surface area contributed by atoms with E-state index in [9.17, 15) is 19.2 Å². The van der Waals surface area contributed by atoms with Crippen LogP contribution in [0, 0.1) is 23.2 Å². The number of rotatable bonds is 9. The van der Waals surface area contributed by atoms with Crippen LogP contribution in [0.4, 0.5) is 6.01 Å². The van der Waals surface area contributed by atoms with Gasteiger partial charge in [0.2, 0.25) is 17.6 Å². The summed E-state index contributed by atoms with van der Waals surface area (Å²) in [5, 5.41) is 5.96. The Kier molecular flexibility index (Phi) is 7.80. The number of hydrogen-bond donors (Lipinski definition) is 3. The average Bonchev–Trinajstić information content (AvgIpc) is 3.37. The van der Waals surface area contributed by atoms with Gasteiger partial charge in [-0.25, -0.2) is 0 Å². The highest BCUT2D eigenvalue weighted by atomic mass is 16.4. The van der Waals surface area contributed by atoms with Crippen LogP contribution in [0.5, 0.6) is 0 Å². The third kappa shape index (κ3) is 5.68. The van der Waals surface area contributed by atoms with E-state index in [1.54, 1.807) is 11.0 Å². The number of oxazole rings is 1. The van der Waals surface area contributed by atoms with Crippen molar-refractivity contribution in [3.05, 3.63) is 24.3 Å². The lowest BCUT2D eigenvalue weighted by molar-refractivity contribution is -0.143.